The number of nitrogens with one attached hydrogen (secondary N) is 1. The second kappa shape index (κ2) is 7.21. The summed E-state index contributed by atoms with van der Waals surface area (Å²) in [5, 5.41) is 11.2. The zero-order valence-electron chi connectivity index (χ0n) is 9.74. The summed E-state index contributed by atoms with van der Waals surface area (Å²) >= 11 is 0. The first kappa shape index (κ1) is 12.0. The summed E-state index contributed by atoms with van der Waals surface area (Å²) in [5.41, 5.74) is 0. The van der Waals surface area contributed by atoms with Crippen molar-refractivity contribution in [3.8, 4) is 0 Å². The zero-order valence-corrected chi connectivity index (χ0v) is 9.74. The third-order valence-electron chi connectivity index (χ3n) is 2.69. The van der Waals surface area contributed by atoms with Crippen LogP contribution in [-0.4, -0.2) is 16.7 Å². The normalized spacial score (nSPS) is 12.4. The molecule has 0 saturated carbocycles. The third-order valence-corrected chi connectivity index (χ3v) is 2.69. The van der Waals surface area contributed by atoms with Crippen LogP contribution in [0.2, 0.25) is 0 Å². The van der Waals surface area contributed by atoms with Gasteiger partial charge in [-0.15, -0.1) is 5.10 Å². The molecule has 0 amide bonds. The predicted molar refractivity (Wildman–Crippen MR) is 63.8 cm³/mol. The van der Waals surface area contributed by atoms with E-state index in [2.05, 4.69) is 29.4 Å². The van der Waals surface area contributed by atoms with E-state index in [0.717, 1.165) is 18.3 Å². The maximum atomic E-state index is 4.00. The number of unbranched alkanes of at least 4 members (excludes halogenated alkanes) is 1. The van der Waals surface area contributed by atoms with E-state index in [1.807, 2.05) is 12.1 Å². The molecule has 0 aliphatic rings. The molecule has 15 heavy (non-hydrogen) atoms. The highest BCUT2D eigenvalue weighted by Gasteiger charge is 2.05. The van der Waals surface area contributed by atoms with Crippen LogP contribution in [0.15, 0.2) is 18.3 Å². The Labute approximate surface area is 92.3 Å². The van der Waals surface area contributed by atoms with E-state index < -0.39 is 0 Å². The van der Waals surface area contributed by atoms with Crippen molar-refractivity contribution in [1.29, 1.82) is 0 Å². The highest BCUT2D eigenvalue weighted by atomic mass is 15.2. The number of hydrogen-bond donors (Lipinski definition) is 1. The molecule has 0 aromatic carbocycles. The first-order chi connectivity index (χ1) is 7.36. The topological polar surface area (TPSA) is 37.8 Å². The fourth-order valence-electron chi connectivity index (χ4n) is 1.59. The second-order valence-electron chi connectivity index (χ2n) is 3.91. The van der Waals surface area contributed by atoms with Crippen molar-refractivity contribution >= 4 is 5.82 Å². The maximum Gasteiger partial charge on any atom is 0.148 e. The van der Waals surface area contributed by atoms with Gasteiger partial charge in [0.1, 0.15) is 5.82 Å². The molecule has 1 unspecified atom stereocenters. The highest BCUT2D eigenvalue weighted by molar-refractivity contribution is 5.31. The summed E-state index contributed by atoms with van der Waals surface area (Å²) < 4.78 is 0. The Morgan fingerprint density at radius 2 is 2.27 bits per heavy atom. The number of aromatic nitrogens is 2. The van der Waals surface area contributed by atoms with E-state index in [1.165, 1.54) is 25.7 Å². The molecule has 0 radical (unpaired) electrons. The molecule has 3 nitrogen and oxygen atoms in total. The Balaban J connectivity index is 2.28. The van der Waals surface area contributed by atoms with Crippen LogP contribution in [-0.2, 0) is 0 Å². The van der Waals surface area contributed by atoms with Crippen molar-refractivity contribution in [3.63, 3.8) is 0 Å². The Bertz CT molecular complexity index is 248. The summed E-state index contributed by atoms with van der Waals surface area (Å²) in [7, 11) is 0. The van der Waals surface area contributed by atoms with Crippen LogP contribution in [0.1, 0.15) is 39.5 Å². The minimum atomic E-state index is 0.756. The quantitative estimate of drug-likeness (QED) is 0.746. The van der Waals surface area contributed by atoms with Crippen molar-refractivity contribution in [2.75, 3.05) is 11.9 Å². The van der Waals surface area contributed by atoms with Crippen LogP contribution in [0.3, 0.4) is 0 Å². The van der Waals surface area contributed by atoms with Gasteiger partial charge in [-0.2, -0.15) is 5.10 Å². The summed E-state index contributed by atoms with van der Waals surface area (Å²) in [6, 6.07) is 3.86. The van der Waals surface area contributed by atoms with Gasteiger partial charge in [-0.25, -0.2) is 0 Å². The van der Waals surface area contributed by atoms with Gasteiger partial charge in [-0.05, 0) is 24.5 Å². The van der Waals surface area contributed by atoms with Gasteiger partial charge in [-0.1, -0.05) is 33.1 Å². The van der Waals surface area contributed by atoms with Gasteiger partial charge >= 0.3 is 0 Å². The number of hydrogen-bond acceptors (Lipinski definition) is 3. The lowest BCUT2D eigenvalue weighted by Crippen LogP contribution is -2.14. The predicted octanol–water partition coefficient (Wildman–Crippen LogP) is 3.10. The summed E-state index contributed by atoms with van der Waals surface area (Å²) in [6.45, 7) is 5.50. The summed E-state index contributed by atoms with van der Waals surface area (Å²) in [6.07, 6.45) is 6.83. The molecule has 1 N–H and O–H groups in total. The van der Waals surface area contributed by atoms with Crippen molar-refractivity contribution < 1.29 is 0 Å². The van der Waals surface area contributed by atoms with E-state index in [-0.39, 0.29) is 0 Å². The number of rotatable bonds is 7. The Kier molecular flexibility index (Phi) is 5.74. The monoisotopic (exact) mass is 207 g/mol. The molecule has 1 heterocycles. The fourth-order valence-corrected chi connectivity index (χ4v) is 1.59. The zero-order chi connectivity index (χ0) is 10.9. The van der Waals surface area contributed by atoms with Gasteiger partial charge in [-0.3, -0.25) is 0 Å². The molecule has 0 spiro atoms. The van der Waals surface area contributed by atoms with Gasteiger partial charge in [0.05, 0.1) is 0 Å². The minimum Gasteiger partial charge on any atom is -0.368 e. The highest BCUT2D eigenvalue weighted by Crippen LogP contribution is 2.13. The molecule has 0 bridgehead atoms. The van der Waals surface area contributed by atoms with Crippen LogP contribution in [0.25, 0.3) is 0 Å². The molecule has 84 valence electrons. The van der Waals surface area contributed by atoms with Crippen LogP contribution >= 0.6 is 0 Å². The Morgan fingerprint density at radius 1 is 1.40 bits per heavy atom. The molecule has 1 aromatic heterocycles. The molecule has 0 aliphatic carbocycles. The first-order valence-corrected chi connectivity index (χ1v) is 5.88. The van der Waals surface area contributed by atoms with Gasteiger partial charge in [0.15, 0.2) is 0 Å². The molecule has 1 rings (SSSR count). The van der Waals surface area contributed by atoms with E-state index >= 15 is 0 Å². The van der Waals surface area contributed by atoms with Crippen LogP contribution in [0.4, 0.5) is 5.82 Å². The molecular formula is C12H21N3. The van der Waals surface area contributed by atoms with Crippen LogP contribution < -0.4 is 5.32 Å². The SMILES string of the molecule is CCCCC(CC)CNc1cccnn1. The Morgan fingerprint density at radius 3 is 2.87 bits per heavy atom. The van der Waals surface area contributed by atoms with Gasteiger partial charge in [0.2, 0.25) is 0 Å². The van der Waals surface area contributed by atoms with E-state index in [4.69, 9.17) is 0 Å². The smallest absolute Gasteiger partial charge is 0.148 e. The average molecular weight is 207 g/mol. The molecule has 0 saturated heterocycles. The van der Waals surface area contributed by atoms with Gasteiger partial charge < -0.3 is 5.32 Å². The summed E-state index contributed by atoms with van der Waals surface area (Å²) in [4.78, 5) is 0. The molecule has 1 aromatic rings. The van der Waals surface area contributed by atoms with Gasteiger partial charge in [0, 0.05) is 12.7 Å². The van der Waals surface area contributed by atoms with Crippen LogP contribution in [0, 0.1) is 5.92 Å². The number of anilines is 1. The van der Waals surface area contributed by atoms with E-state index in [1.54, 1.807) is 6.20 Å². The lowest BCUT2D eigenvalue weighted by molar-refractivity contribution is 0.472. The first-order valence-electron chi connectivity index (χ1n) is 5.88. The molecule has 0 fully saturated rings. The molecule has 0 aliphatic heterocycles. The average Bonchev–Trinajstić information content (AvgIpc) is 2.31. The van der Waals surface area contributed by atoms with E-state index in [9.17, 15) is 0 Å². The maximum absolute atomic E-state index is 4.00. The Hall–Kier alpha value is -1.12. The number of nitrogens with zero attached hydrogens (tertiary/aromatic N) is 2. The third kappa shape index (κ3) is 4.77. The lowest BCUT2D eigenvalue weighted by Gasteiger charge is -2.15. The largest absolute Gasteiger partial charge is 0.368 e. The van der Waals surface area contributed by atoms with Crippen LogP contribution in [0.5, 0.6) is 0 Å². The van der Waals surface area contributed by atoms with Crippen molar-refractivity contribution in [2.24, 2.45) is 5.92 Å². The molecular weight excluding hydrogens is 186 g/mol. The molecule has 1 atom stereocenters. The minimum absolute atomic E-state index is 0.756. The summed E-state index contributed by atoms with van der Waals surface area (Å²) in [5.74, 6) is 1.64. The fraction of sp³-hybridized carbons (Fsp3) is 0.667. The standard InChI is InChI=1S/C12H21N3/c1-3-5-7-11(4-2)10-13-12-8-6-9-14-15-12/h6,8-9,11H,3-5,7,10H2,1-2H3,(H,13,15). The second-order valence-corrected chi connectivity index (χ2v) is 3.91. The molecule has 3 heteroatoms. The van der Waals surface area contributed by atoms with E-state index in [0.29, 0.717) is 0 Å². The van der Waals surface area contributed by atoms with Crippen molar-refractivity contribution in [3.05, 3.63) is 18.3 Å². The van der Waals surface area contributed by atoms with Crippen molar-refractivity contribution in [1.82, 2.24) is 10.2 Å². The lowest BCUT2D eigenvalue weighted by atomic mass is 9.99. The van der Waals surface area contributed by atoms with Gasteiger partial charge in [0.25, 0.3) is 0 Å². The van der Waals surface area contributed by atoms with Crippen molar-refractivity contribution in [2.45, 2.75) is 39.5 Å².